The van der Waals surface area contributed by atoms with Crippen molar-refractivity contribution in [1.82, 2.24) is 0 Å². The predicted molar refractivity (Wildman–Crippen MR) is 65.2 cm³/mol. The lowest BCUT2D eigenvalue weighted by Crippen LogP contribution is -2.16. The first-order chi connectivity index (χ1) is 8.24. The SMILES string of the molecule is CC(=O)Nc1cccc(OCC2CCCO2)c1. The molecule has 17 heavy (non-hydrogen) atoms. The zero-order chi connectivity index (χ0) is 12.1. The summed E-state index contributed by atoms with van der Waals surface area (Å²) in [6, 6.07) is 7.38. The van der Waals surface area contributed by atoms with Crippen LogP contribution < -0.4 is 10.1 Å². The highest BCUT2D eigenvalue weighted by molar-refractivity contribution is 5.88. The number of carbonyl (C=O) groups excluding carboxylic acids is 1. The van der Waals surface area contributed by atoms with Crippen molar-refractivity contribution in [3.8, 4) is 5.75 Å². The van der Waals surface area contributed by atoms with E-state index in [1.807, 2.05) is 24.3 Å². The van der Waals surface area contributed by atoms with Gasteiger partial charge in [-0.15, -0.1) is 0 Å². The number of rotatable bonds is 4. The maximum absolute atomic E-state index is 10.9. The molecule has 1 unspecified atom stereocenters. The third kappa shape index (κ3) is 3.75. The second-order valence-electron chi connectivity index (χ2n) is 4.16. The Balaban J connectivity index is 1.88. The van der Waals surface area contributed by atoms with Crippen LogP contribution in [0.4, 0.5) is 5.69 Å². The number of anilines is 1. The Kier molecular flexibility index (Phi) is 3.98. The second kappa shape index (κ2) is 5.68. The highest BCUT2D eigenvalue weighted by Crippen LogP contribution is 2.19. The first-order valence-corrected chi connectivity index (χ1v) is 5.86. The van der Waals surface area contributed by atoms with Crippen molar-refractivity contribution in [3.05, 3.63) is 24.3 Å². The number of nitrogens with one attached hydrogen (secondary N) is 1. The van der Waals surface area contributed by atoms with Crippen LogP contribution in [0.3, 0.4) is 0 Å². The Labute approximate surface area is 101 Å². The number of hydrogen-bond donors (Lipinski definition) is 1. The lowest BCUT2D eigenvalue weighted by molar-refractivity contribution is -0.114. The average molecular weight is 235 g/mol. The van der Waals surface area contributed by atoms with Gasteiger partial charge in [-0.25, -0.2) is 0 Å². The van der Waals surface area contributed by atoms with Gasteiger partial charge in [0.1, 0.15) is 12.4 Å². The molecule has 0 saturated carbocycles. The van der Waals surface area contributed by atoms with Gasteiger partial charge >= 0.3 is 0 Å². The van der Waals surface area contributed by atoms with Crippen LogP contribution in [0.15, 0.2) is 24.3 Å². The van der Waals surface area contributed by atoms with Gasteiger partial charge < -0.3 is 14.8 Å². The fraction of sp³-hybridized carbons (Fsp3) is 0.462. The van der Waals surface area contributed by atoms with Gasteiger partial charge in [0.15, 0.2) is 0 Å². The fourth-order valence-corrected chi connectivity index (χ4v) is 1.83. The molecule has 1 aromatic rings. The van der Waals surface area contributed by atoms with Crippen LogP contribution in [0.2, 0.25) is 0 Å². The minimum absolute atomic E-state index is 0.0822. The van der Waals surface area contributed by atoms with E-state index in [4.69, 9.17) is 9.47 Å². The first kappa shape index (κ1) is 11.9. The highest BCUT2D eigenvalue weighted by Gasteiger charge is 2.15. The van der Waals surface area contributed by atoms with Crippen LogP contribution in [0.25, 0.3) is 0 Å². The number of hydrogen-bond acceptors (Lipinski definition) is 3. The summed E-state index contributed by atoms with van der Waals surface area (Å²) in [6.45, 7) is 2.89. The Morgan fingerprint density at radius 3 is 3.18 bits per heavy atom. The van der Waals surface area contributed by atoms with E-state index in [0.29, 0.717) is 6.61 Å². The molecule has 0 spiro atoms. The van der Waals surface area contributed by atoms with Gasteiger partial charge in [-0.2, -0.15) is 0 Å². The summed E-state index contributed by atoms with van der Waals surface area (Å²) in [4.78, 5) is 10.9. The second-order valence-corrected chi connectivity index (χ2v) is 4.16. The van der Waals surface area contributed by atoms with E-state index >= 15 is 0 Å². The monoisotopic (exact) mass is 235 g/mol. The largest absolute Gasteiger partial charge is 0.491 e. The molecule has 4 nitrogen and oxygen atoms in total. The van der Waals surface area contributed by atoms with E-state index in [0.717, 1.165) is 30.9 Å². The molecule has 0 aromatic heterocycles. The summed E-state index contributed by atoms with van der Waals surface area (Å²) >= 11 is 0. The fourth-order valence-electron chi connectivity index (χ4n) is 1.83. The molecular weight excluding hydrogens is 218 g/mol. The molecule has 1 N–H and O–H groups in total. The van der Waals surface area contributed by atoms with Gasteiger partial charge in [0.2, 0.25) is 5.91 Å². The Hall–Kier alpha value is -1.55. The van der Waals surface area contributed by atoms with Crippen LogP contribution in [0.1, 0.15) is 19.8 Å². The molecule has 1 aliphatic rings. The van der Waals surface area contributed by atoms with Gasteiger partial charge in [-0.05, 0) is 25.0 Å². The molecule has 0 aliphatic carbocycles. The maximum Gasteiger partial charge on any atom is 0.221 e. The van der Waals surface area contributed by atoms with E-state index in [9.17, 15) is 4.79 Å². The Bertz CT molecular complexity index is 386. The summed E-state index contributed by atoms with van der Waals surface area (Å²) in [5.74, 6) is 0.674. The molecular formula is C13H17NO3. The van der Waals surface area contributed by atoms with E-state index in [-0.39, 0.29) is 12.0 Å². The van der Waals surface area contributed by atoms with Crippen molar-refractivity contribution in [2.75, 3.05) is 18.5 Å². The number of carbonyl (C=O) groups is 1. The molecule has 0 radical (unpaired) electrons. The average Bonchev–Trinajstić information content (AvgIpc) is 2.79. The number of benzene rings is 1. The molecule has 1 saturated heterocycles. The lowest BCUT2D eigenvalue weighted by atomic mass is 10.2. The number of amides is 1. The lowest BCUT2D eigenvalue weighted by Gasteiger charge is -2.12. The smallest absolute Gasteiger partial charge is 0.221 e. The zero-order valence-electron chi connectivity index (χ0n) is 9.94. The summed E-state index contributed by atoms with van der Waals surface area (Å²) in [7, 11) is 0. The molecule has 1 aromatic carbocycles. The predicted octanol–water partition coefficient (Wildman–Crippen LogP) is 2.20. The van der Waals surface area contributed by atoms with Crippen LogP contribution >= 0.6 is 0 Å². The topological polar surface area (TPSA) is 47.6 Å². The van der Waals surface area contributed by atoms with E-state index in [2.05, 4.69) is 5.32 Å². The van der Waals surface area contributed by atoms with E-state index < -0.39 is 0 Å². The maximum atomic E-state index is 10.9. The molecule has 1 heterocycles. The molecule has 1 fully saturated rings. The molecule has 2 rings (SSSR count). The van der Waals surface area contributed by atoms with Crippen molar-refractivity contribution in [2.24, 2.45) is 0 Å². The van der Waals surface area contributed by atoms with E-state index in [1.54, 1.807) is 0 Å². The van der Waals surface area contributed by atoms with Crippen molar-refractivity contribution in [1.29, 1.82) is 0 Å². The van der Waals surface area contributed by atoms with Crippen LogP contribution in [-0.4, -0.2) is 25.2 Å². The minimum atomic E-state index is -0.0822. The quantitative estimate of drug-likeness (QED) is 0.870. The summed E-state index contributed by atoms with van der Waals surface area (Å²) in [6.07, 6.45) is 2.38. The molecule has 0 bridgehead atoms. The third-order valence-corrected chi connectivity index (χ3v) is 2.61. The molecule has 1 aliphatic heterocycles. The van der Waals surface area contributed by atoms with Gasteiger partial charge in [0.25, 0.3) is 0 Å². The highest BCUT2D eigenvalue weighted by atomic mass is 16.5. The van der Waals surface area contributed by atoms with Crippen molar-refractivity contribution >= 4 is 11.6 Å². The normalized spacial score (nSPS) is 19.0. The van der Waals surface area contributed by atoms with Gasteiger partial charge in [-0.1, -0.05) is 6.07 Å². The van der Waals surface area contributed by atoms with Crippen LogP contribution in [-0.2, 0) is 9.53 Å². The first-order valence-electron chi connectivity index (χ1n) is 5.86. The van der Waals surface area contributed by atoms with Gasteiger partial charge in [0, 0.05) is 25.3 Å². The molecule has 1 amide bonds. The number of ether oxygens (including phenoxy) is 2. The zero-order valence-corrected chi connectivity index (χ0v) is 9.94. The minimum Gasteiger partial charge on any atom is -0.491 e. The van der Waals surface area contributed by atoms with Gasteiger partial charge in [-0.3, -0.25) is 4.79 Å². The Morgan fingerprint density at radius 2 is 2.47 bits per heavy atom. The summed E-state index contributed by atoms with van der Waals surface area (Å²) in [5.41, 5.74) is 0.752. The van der Waals surface area contributed by atoms with Crippen LogP contribution in [0.5, 0.6) is 5.75 Å². The Morgan fingerprint density at radius 1 is 1.59 bits per heavy atom. The standard InChI is InChI=1S/C13H17NO3/c1-10(15)14-11-4-2-5-12(8-11)17-9-13-6-3-7-16-13/h2,4-5,8,13H,3,6-7,9H2,1H3,(H,14,15). The molecule has 92 valence electrons. The van der Waals surface area contributed by atoms with Gasteiger partial charge in [0.05, 0.1) is 6.10 Å². The molecule has 1 atom stereocenters. The molecule has 4 heteroatoms. The third-order valence-electron chi connectivity index (χ3n) is 2.61. The van der Waals surface area contributed by atoms with Crippen LogP contribution in [0, 0.1) is 0 Å². The van der Waals surface area contributed by atoms with Crippen molar-refractivity contribution in [3.63, 3.8) is 0 Å². The summed E-state index contributed by atoms with van der Waals surface area (Å²) < 4.78 is 11.1. The van der Waals surface area contributed by atoms with Crippen molar-refractivity contribution in [2.45, 2.75) is 25.9 Å². The van der Waals surface area contributed by atoms with Crippen molar-refractivity contribution < 1.29 is 14.3 Å². The summed E-state index contributed by atoms with van der Waals surface area (Å²) in [5, 5.41) is 2.72. The van der Waals surface area contributed by atoms with E-state index in [1.165, 1.54) is 6.92 Å².